The van der Waals surface area contributed by atoms with Crippen LogP contribution in [0.5, 0.6) is 5.75 Å². The van der Waals surface area contributed by atoms with Crippen LogP contribution >= 0.6 is 0 Å². The maximum absolute atomic E-state index is 13.9. The second-order valence-corrected chi connectivity index (χ2v) is 12.6. The molecule has 46 heavy (non-hydrogen) atoms. The summed E-state index contributed by atoms with van der Waals surface area (Å²) in [4.78, 5) is 53.2. The smallest absolute Gasteiger partial charge is 0.247 e. The maximum Gasteiger partial charge on any atom is 0.247 e. The van der Waals surface area contributed by atoms with E-state index in [0.29, 0.717) is 47.5 Å². The van der Waals surface area contributed by atoms with Crippen molar-refractivity contribution in [2.24, 2.45) is 5.41 Å². The summed E-state index contributed by atoms with van der Waals surface area (Å²) in [6.45, 7) is 14.0. The van der Waals surface area contributed by atoms with Gasteiger partial charge in [-0.25, -0.2) is 9.97 Å². The lowest BCUT2D eigenvalue weighted by atomic mass is 9.85. The molecule has 3 aromatic rings. The predicted molar refractivity (Wildman–Crippen MR) is 183 cm³/mol. The summed E-state index contributed by atoms with van der Waals surface area (Å²) in [6, 6.07) is 9.72. The second-order valence-electron chi connectivity index (χ2n) is 12.6. The zero-order valence-corrected chi connectivity index (χ0v) is 28.2. The number of rotatable bonds is 12. The highest BCUT2D eigenvalue weighted by atomic mass is 16.5. The van der Waals surface area contributed by atoms with Gasteiger partial charge in [0.2, 0.25) is 17.7 Å². The van der Waals surface area contributed by atoms with Gasteiger partial charge in [0.05, 0.1) is 24.4 Å². The molecule has 12 heteroatoms. The Balaban J connectivity index is 1.58. The van der Waals surface area contributed by atoms with Gasteiger partial charge in [0.25, 0.3) is 0 Å². The number of nitrogens with zero attached hydrogens (tertiary/aromatic N) is 4. The normalized spacial score (nSPS) is 16.1. The topological polar surface area (TPSA) is 141 Å². The molecule has 3 amide bonds. The number of aromatic nitrogens is 2. The molecule has 0 bridgehead atoms. The van der Waals surface area contributed by atoms with Gasteiger partial charge in [0, 0.05) is 42.5 Å². The van der Waals surface area contributed by atoms with Crippen LogP contribution in [-0.2, 0) is 14.4 Å². The van der Waals surface area contributed by atoms with E-state index in [-0.39, 0.29) is 17.7 Å². The third-order valence-corrected chi connectivity index (χ3v) is 8.54. The minimum atomic E-state index is -0.800. The standard InChI is InChI=1S/C34H48N8O4/c1-9-41(10-2)23-15-13-22(14-16-23)38-30-24-18-26(28(46-8)19-25(24)36-20-37-30)39-32(44)27-12-11-17-42(27)33(45)29(34(4,5)6)40-31(43)21(3)35-7/h13-16,18-21,27,29,35H,9-12,17H2,1-8H3,(H,39,44)(H,40,43)(H,36,37,38)/t21-,27-,29+/m0/s1. The van der Waals surface area contributed by atoms with Crippen molar-refractivity contribution in [1.29, 1.82) is 0 Å². The Hall–Kier alpha value is -4.45. The van der Waals surface area contributed by atoms with Gasteiger partial charge in [-0.05, 0) is 76.4 Å². The lowest BCUT2D eigenvalue weighted by molar-refractivity contribution is -0.143. The van der Waals surface area contributed by atoms with E-state index < -0.39 is 23.5 Å². The van der Waals surface area contributed by atoms with E-state index in [9.17, 15) is 14.4 Å². The Kier molecular flexibility index (Phi) is 11.0. The Morgan fingerprint density at radius 3 is 2.39 bits per heavy atom. The molecular weight excluding hydrogens is 584 g/mol. The quantitative estimate of drug-likeness (QED) is 0.230. The number of anilines is 4. The van der Waals surface area contributed by atoms with Crippen LogP contribution in [-0.4, -0.2) is 84.5 Å². The Labute approximate surface area is 271 Å². The van der Waals surface area contributed by atoms with Gasteiger partial charge in [-0.3, -0.25) is 14.4 Å². The number of carbonyl (C=O) groups is 3. The summed E-state index contributed by atoms with van der Waals surface area (Å²) in [6.07, 6.45) is 2.66. The lowest BCUT2D eigenvalue weighted by Crippen LogP contribution is -2.59. The molecule has 248 valence electrons. The third kappa shape index (κ3) is 7.67. The third-order valence-electron chi connectivity index (χ3n) is 8.54. The van der Waals surface area contributed by atoms with Crippen LogP contribution in [0.3, 0.4) is 0 Å². The number of fused-ring (bicyclic) bond motifs is 1. The highest BCUT2D eigenvalue weighted by Gasteiger charge is 2.42. The number of amides is 3. The van der Waals surface area contributed by atoms with Gasteiger partial charge in [-0.2, -0.15) is 0 Å². The largest absolute Gasteiger partial charge is 0.494 e. The molecule has 1 aliphatic heterocycles. The first-order valence-corrected chi connectivity index (χ1v) is 16.0. The molecule has 4 N–H and O–H groups in total. The van der Waals surface area contributed by atoms with E-state index in [4.69, 9.17) is 4.74 Å². The zero-order valence-electron chi connectivity index (χ0n) is 28.2. The van der Waals surface area contributed by atoms with Crippen molar-refractivity contribution in [3.8, 4) is 5.75 Å². The van der Waals surface area contributed by atoms with Crippen LogP contribution in [0, 0.1) is 5.41 Å². The average molecular weight is 633 g/mol. The first-order valence-electron chi connectivity index (χ1n) is 16.0. The van der Waals surface area contributed by atoms with Crippen molar-refractivity contribution < 1.29 is 19.1 Å². The monoisotopic (exact) mass is 632 g/mol. The highest BCUT2D eigenvalue weighted by molar-refractivity contribution is 6.03. The average Bonchev–Trinajstić information content (AvgIpc) is 3.54. The fraction of sp³-hybridized carbons (Fsp3) is 0.500. The number of nitrogens with one attached hydrogen (secondary N) is 4. The highest BCUT2D eigenvalue weighted by Crippen LogP contribution is 2.34. The van der Waals surface area contributed by atoms with Crippen molar-refractivity contribution in [1.82, 2.24) is 25.5 Å². The molecular formula is C34H48N8O4. The van der Waals surface area contributed by atoms with Gasteiger partial charge in [0.1, 0.15) is 30.0 Å². The van der Waals surface area contributed by atoms with Crippen LogP contribution in [0.2, 0.25) is 0 Å². The van der Waals surface area contributed by atoms with Crippen molar-refractivity contribution in [2.45, 2.75) is 72.5 Å². The maximum atomic E-state index is 13.9. The fourth-order valence-corrected chi connectivity index (χ4v) is 5.66. The van der Waals surface area contributed by atoms with E-state index >= 15 is 0 Å². The molecule has 4 rings (SSSR count). The van der Waals surface area contributed by atoms with Crippen LogP contribution in [0.15, 0.2) is 42.7 Å². The SMILES string of the molecule is CCN(CC)c1ccc(Nc2ncnc3cc(OC)c(NC(=O)[C@@H]4CCCN4C(=O)[C@@H](NC(=O)[C@H](C)NC)C(C)(C)C)cc23)cc1. The van der Waals surface area contributed by atoms with Crippen LogP contribution in [0.1, 0.15) is 54.4 Å². The summed E-state index contributed by atoms with van der Waals surface area (Å²) < 4.78 is 5.63. The summed E-state index contributed by atoms with van der Waals surface area (Å²) in [7, 11) is 3.22. The van der Waals surface area contributed by atoms with Crippen molar-refractivity contribution in [3.05, 3.63) is 42.7 Å². The number of carbonyl (C=O) groups excluding carboxylic acids is 3. The molecule has 0 spiro atoms. The van der Waals surface area contributed by atoms with Crippen molar-refractivity contribution in [2.75, 3.05) is 49.3 Å². The van der Waals surface area contributed by atoms with Crippen LogP contribution in [0.25, 0.3) is 10.9 Å². The molecule has 1 aromatic heterocycles. The van der Waals surface area contributed by atoms with Crippen LogP contribution < -0.4 is 30.9 Å². The van der Waals surface area contributed by atoms with Crippen molar-refractivity contribution in [3.63, 3.8) is 0 Å². The Bertz CT molecular complexity index is 1530. The number of benzene rings is 2. The summed E-state index contributed by atoms with van der Waals surface area (Å²) >= 11 is 0. The van der Waals surface area contributed by atoms with E-state index in [1.54, 1.807) is 31.0 Å². The molecule has 3 atom stereocenters. The van der Waals surface area contributed by atoms with E-state index in [1.807, 2.05) is 32.9 Å². The van der Waals surface area contributed by atoms with Crippen molar-refractivity contribution >= 4 is 51.5 Å². The Morgan fingerprint density at radius 1 is 1.09 bits per heavy atom. The lowest BCUT2D eigenvalue weighted by Gasteiger charge is -2.36. The minimum Gasteiger partial charge on any atom is -0.494 e. The van der Waals surface area contributed by atoms with E-state index in [1.165, 1.54) is 13.4 Å². The molecule has 0 aliphatic carbocycles. The van der Waals surface area contributed by atoms with E-state index in [0.717, 1.165) is 24.5 Å². The first-order chi connectivity index (χ1) is 21.9. The molecule has 0 unspecified atom stereocenters. The van der Waals surface area contributed by atoms with Gasteiger partial charge in [-0.15, -0.1) is 0 Å². The number of ether oxygens (including phenoxy) is 1. The van der Waals surface area contributed by atoms with E-state index in [2.05, 4.69) is 62.1 Å². The molecule has 2 heterocycles. The first kappa shape index (κ1) is 34.4. The zero-order chi connectivity index (χ0) is 33.6. The van der Waals surface area contributed by atoms with Gasteiger partial charge < -0.3 is 35.8 Å². The number of methoxy groups -OCH3 is 1. The Morgan fingerprint density at radius 2 is 1.78 bits per heavy atom. The number of likely N-dealkylation sites (N-methyl/N-ethyl adjacent to an activating group) is 1. The molecule has 0 radical (unpaired) electrons. The predicted octanol–water partition coefficient (Wildman–Crippen LogP) is 4.30. The fourth-order valence-electron chi connectivity index (χ4n) is 5.66. The number of hydrogen-bond donors (Lipinski definition) is 4. The number of likely N-dealkylation sites (tertiary alicyclic amines) is 1. The summed E-state index contributed by atoms with van der Waals surface area (Å²) in [5.74, 6) is 0.133. The molecule has 1 aliphatic rings. The molecule has 2 aromatic carbocycles. The van der Waals surface area contributed by atoms with Gasteiger partial charge in [0.15, 0.2) is 0 Å². The van der Waals surface area contributed by atoms with Gasteiger partial charge in [-0.1, -0.05) is 20.8 Å². The molecule has 12 nitrogen and oxygen atoms in total. The summed E-state index contributed by atoms with van der Waals surface area (Å²) in [5.41, 5.74) is 2.52. The molecule has 1 fully saturated rings. The van der Waals surface area contributed by atoms with Crippen LogP contribution in [0.4, 0.5) is 22.9 Å². The minimum absolute atomic E-state index is 0.275. The van der Waals surface area contributed by atoms with Gasteiger partial charge >= 0.3 is 0 Å². The molecule has 0 saturated carbocycles. The second kappa shape index (κ2) is 14.8. The summed E-state index contributed by atoms with van der Waals surface area (Å²) in [5, 5.41) is 12.9. The number of hydrogen-bond acceptors (Lipinski definition) is 9. The molecule has 1 saturated heterocycles.